The van der Waals surface area contributed by atoms with E-state index in [1.165, 1.54) is 21.5 Å². The van der Waals surface area contributed by atoms with Crippen LogP contribution in [-0.2, 0) is 0 Å². The van der Waals surface area contributed by atoms with Crippen LogP contribution in [0.3, 0.4) is 0 Å². The molecule has 0 heterocycles. The second-order valence-corrected chi connectivity index (χ2v) is 3.44. The Morgan fingerprint density at radius 1 is 0.688 bits per heavy atom. The molecule has 0 unspecified atom stereocenters. The summed E-state index contributed by atoms with van der Waals surface area (Å²) in [5.41, 5.74) is 0. The molecule has 0 aliphatic heterocycles. The minimum absolute atomic E-state index is 0. The molecule has 0 radical (unpaired) electrons. The Balaban J connectivity index is 0.000000640. The van der Waals surface area contributed by atoms with Gasteiger partial charge in [0.05, 0.1) is 0 Å². The minimum Gasteiger partial charge on any atom is -1.00 e. The number of hydrogen-bond acceptors (Lipinski definition) is 0. The van der Waals surface area contributed by atoms with Crippen LogP contribution >= 0.6 is 0 Å². The number of fused-ring (bicyclic) bond motifs is 2. The summed E-state index contributed by atoms with van der Waals surface area (Å²) in [6.07, 6.45) is 0. The maximum Gasteiger partial charge on any atom is 2.00 e. The van der Waals surface area contributed by atoms with Crippen molar-refractivity contribution in [3.8, 4) is 0 Å². The summed E-state index contributed by atoms with van der Waals surface area (Å²) in [7, 11) is 0. The van der Waals surface area contributed by atoms with Crippen molar-refractivity contribution in [3.63, 3.8) is 0 Å². The molecule has 2 heteroatoms. The molecule has 0 aliphatic carbocycles. The quantitative estimate of drug-likeness (QED) is 0.302. The third-order valence-electron chi connectivity index (χ3n) is 2.50. The van der Waals surface area contributed by atoms with E-state index in [0.29, 0.717) is 0 Å². The number of hydrogen-bond donors (Lipinski definition) is 0. The van der Waals surface area contributed by atoms with Gasteiger partial charge in [-0.05, 0) is 0 Å². The zero-order chi connectivity index (χ0) is 9.38. The summed E-state index contributed by atoms with van der Waals surface area (Å²) in [6.45, 7) is 0. The normalized spacial score (nSPS) is 9.50. The fraction of sp³-hybridized carbons (Fsp3) is 0. The monoisotopic (exact) mass is 236 g/mol. The van der Waals surface area contributed by atoms with E-state index in [2.05, 4.69) is 48.5 Å². The van der Waals surface area contributed by atoms with Gasteiger partial charge in [-0.1, -0.05) is 47.2 Å². The first-order valence-electron chi connectivity index (χ1n) is 4.73. The largest absolute Gasteiger partial charge is 2.00 e. The number of halogens is 1. The molecule has 0 saturated carbocycles. The van der Waals surface area contributed by atoms with Crippen LogP contribution in [0.15, 0.2) is 54.6 Å². The van der Waals surface area contributed by atoms with Crippen LogP contribution in [0.1, 0.15) is 0 Å². The molecule has 0 saturated heterocycles. The van der Waals surface area contributed by atoms with Gasteiger partial charge in [-0.2, -0.15) is 0 Å². The molecular formula is C14H9ClMg. The Kier molecular flexibility index (Phi) is 4.60. The zero-order valence-electron chi connectivity index (χ0n) is 8.78. The van der Waals surface area contributed by atoms with Crippen LogP contribution in [0.2, 0.25) is 0 Å². The molecule has 0 N–H and O–H groups in total. The van der Waals surface area contributed by atoms with Gasteiger partial charge in [0.15, 0.2) is 0 Å². The second-order valence-electron chi connectivity index (χ2n) is 3.44. The summed E-state index contributed by atoms with van der Waals surface area (Å²) in [6, 6.07) is 22.3. The van der Waals surface area contributed by atoms with Gasteiger partial charge < -0.3 is 12.4 Å². The SMILES string of the molecule is [Cl-].[Mg+2].[c-]1c2ccccc2cc2ccccc12. The third-order valence-corrected chi connectivity index (χ3v) is 2.50. The topological polar surface area (TPSA) is 0 Å². The second kappa shape index (κ2) is 5.53. The van der Waals surface area contributed by atoms with Crippen molar-refractivity contribution in [1.82, 2.24) is 0 Å². The molecule has 0 bridgehead atoms. The molecule has 74 valence electrons. The summed E-state index contributed by atoms with van der Waals surface area (Å²) >= 11 is 0. The molecule has 0 nitrogen and oxygen atoms in total. The summed E-state index contributed by atoms with van der Waals surface area (Å²) in [5, 5.41) is 4.88. The Morgan fingerprint density at radius 2 is 1.12 bits per heavy atom. The molecule has 0 aliphatic rings. The maximum absolute atomic E-state index is 3.41. The molecule has 0 fully saturated rings. The number of rotatable bonds is 0. The Hall–Kier alpha value is -0.764. The molecule has 0 aromatic heterocycles. The minimum atomic E-state index is 0. The molecule has 0 atom stereocenters. The van der Waals surface area contributed by atoms with Crippen molar-refractivity contribution >= 4 is 44.6 Å². The molecular weight excluding hydrogens is 228 g/mol. The standard InChI is InChI=1S/C14H9.ClH.Mg/c1-2-6-12-10-14-8-4-3-7-13(14)9-11(12)5-1;;/h1-9H;1H;/q-1;;+2/p-1. The van der Waals surface area contributed by atoms with Gasteiger partial charge in [-0.25, -0.2) is 0 Å². The maximum atomic E-state index is 3.41. The van der Waals surface area contributed by atoms with Crippen molar-refractivity contribution in [2.75, 3.05) is 0 Å². The van der Waals surface area contributed by atoms with Gasteiger partial charge in [-0.15, -0.1) is 35.0 Å². The number of benzene rings is 3. The predicted molar refractivity (Wildman–Crippen MR) is 66.0 cm³/mol. The van der Waals surface area contributed by atoms with E-state index in [0.717, 1.165) is 0 Å². The van der Waals surface area contributed by atoms with E-state index in [1.807, 2.05) is 12.1 Å². The van der Waals surface area contributed by atoms with Crippen molar-refractivity contribution in [1.29, 1.82) is 0 Å². The average Bonchev–Trinajstić information content (AvgIpc) is 2.26. The molecule has 0 spiro atoms. The van der Waals surface area contributed by atoms with Gasteiger partial charge in [-0.3, -0.25) is 0 Å². The van der Waals surface area contributed by atoms with Crippen LogP contribution in [0, 0.1) is 6.07 Å². The van der Waals surface area contributed by atoms with E-state index in [1.54, 1.807) is 0 Å². The first kappa shape index (κ1) is 13.3. The van der Waals surface area contributed by atoms with Crippen LogP contribution in [0.25, 0.3) is 21.5 Å². The fourth-order valence-electron chi connectivity index (χ4n) is 1.79. The Labute approximate surface area is 117 Å². The van der Waals surface area contributed by atoms with Crippen molar-refractivity contribution in [3.05, 3.63) is 60.7 Å². The predicted octanol–water partition coefficient (Wildman–Crippen LogP) is 0.416. The van der Waals surface area contributed by atoms with E-state index in [4.69, 9.17) is 0 Å². The Morgan fingerprint density at radius 3 is 1.62 bits per heavy atom. The van der Waals surface area contributed by atoms with Gasteiger partial charge in [0.1, 0.15) is 0 Å². The summed E-state index contributed by atoms with van der Waals surface area (Å²) in [4.78, 5) is 0. The van der Waals surface area contributed by atoms with E-state index in [9.17, 15) is 0 Å². The van der Waals surface area contributed by atoms with E-state index >= 15 is 0 Å². The van der Waals surface area contributed by atoms with Crippen LogP contribution in [0.5, 0.6) is 0 Å². The van der Waals surface area contributed by atoms with Gasteiger partial charge in [0, 0.05) is 0 Å². The zero-order valence-corrected chi connectivity index (χ0v) is 11.0. The first-order valence-corrected chi connectivity index (χ1v) is 4.73. The van der Waals surface area contributed by atoms with Gasteiger partial charge in [0.25, 0.3) is 0 Å². The summed E-state index contributed by atoms with van der Waals surface area (Å²) in [5.74, 6) is 0. The van der Waals surface area contributed by atoms with E-state index in [-0.39, 0.29) is 35.5 Å². The van der Waals surface area contributed by atoms with Crippen molar-refractivity contribution in [2.45, 2.75) is 0 Å². The van der Waals surface area contributed by atoms with Crippen molar-refractivity contribution in [2.24, 2.45) is 0 Å². The van der Waals surface area contributed by atoms with Gasteiger partial charge in [0.2, 0.25) is 0 Å². The third kappa shape index (κ3) is 2.32. The Bertz CT molecular complexity index is 499. The first-order chi connectivity index (χ1) is 6.93. The molecule has 0 amide bonds. The van der Waals surface area contributed by atoms with Crippen molar-refractivity contribution < 1.29 is 12.4 Å². The smallest absolute Gasteiger partial charge is 1.00 e. The molecule has 16 heavy (non-hydrogen) atoms. The van der Waals surface area contributed by atoms with Crippen LogP contribution in [0.4, 0.5) is 0 Å². The van der Waals surface area contributed by atoms with Crippen LogP contribution < -0.4 is 12.4 Å². The van der Waals surface area contributed by atoms with E-state index < -0.39 is 0 Å². The average molecular weight is 237 g/mol. The summed E-state index contributed by atoms with van der Waals surface area (Å²) < 4.78 is 0. The molecule has 3 aromatic carbocycles. The molecule has 3 rings (SSSR count). The fourth-order valence-corrected chi connectivity index (χ4v) is 1.79. The van der Waals surface area contributed by atoms with Gasteiger partial charge >= 0.3 is 23.1 Å². The van der Waals surface area contributed by atoms with Crippen LogP contribution in [-0.4, -0.2) is 23.1 Å². The molecule has 3 aromatic rings.